The van der Waals surface area contributed by atoms with Crippen LogP contribution in [0.4, 0.5) is 0 Å². The van der Waals surface area contributed by atoms with Gasteiger partial charge in [0.05, 0.1) is 5.37 Å². The molecule has 2 unspecified atom stereocenters. The summed E-state index contributed by atoms with van der Waals surface area (Å²) in [5.41, 5.74) is 5.31. The minimum absolute atomic E-state index is 0.0409. The van der Waals surface area contributed by atoms with Gasteiger partial charge in [0.25, 0.3) is 0 Å². The fourth-order valence-electron chi connectivity index (χ4n) is 0.315. The summed E-state index contributed by atoms with van der Waals surface area (Å²) in [5.74, 6) is 0. The first kappa shape index (κ1) is 5.34. The van der Waals surface area contributed by atoms with Crippen LogP contribution in [-0.2, 0) is 9.83 Å². The molecule has 1 aliphatic heterocycles. The molecule has 0 saturated carbocycles. The summed E-state index contributed by atoms with van der Waals surface area (Å²) in [4.78, 5) is 0. The van der Waals surface area contributed by atoms with Gasteiger partial charge in [-0.2, -0.15) is 0 Å². The van der Waals surface area contributed by atoms with Crippen molar-refractivity contribution in [1.29, 1.82) is 0 Å². The highest BCUT2D eigenvalue weighted by Gasteiger charge is 2.08. The molecule has 1 rings (SSSR count). The second kappa shape index (κ2) is 1.98. The first-order valence-electron chi connectivity index (χ1n) is 1.80. The predicted octanol–water partition coefficient (Wildman–Crippen LogP) is 0.195. The molecule has 2 nitrogen and oxygen atoms in total. The van der Waals surface area contributed by atoms with Crippen molar-refractivity contribution in [3.8, 4) is 0 Å². The predicted molar refractivity (Wildman–Crippen MR) is 32.8 cm³/mol. The van der Waals surface area contributed by atoms with Crippen LogP contribution in [0, 0.1) is 0 Å². The summed E-state index contributed by atoms with van der Waals surface area (Å²) in [5, 5.41) is 1.57. The molecule has 2 atom stereocenters. The van der Waals surface area contributed by atoms with Crippen LogP contribution < -0.4 is 5.73 Å². The average Bonchev–Trinajstić information content (AvgIpc) is 1.87. The van der Waals surface area contributed by atoms with E-state index in [1.54, 1.807) is 11.5 Å². The van der Waals surface area contributed by atoms with E-state index in [4.69, 9.17) is 5.73 Å². The van der Waals surface area contributed by atoms with Gasteiger partial charge in [-0.1, -0.05) is 0 Å². The molecule has 0 saturated heterocycles. The SMILES string of the molecule is NC1C=CS(=O)S1. The van der Waals surface area contributed by atoms with Crippen LogP contribution in [0.3, 0.4) is 0 Å². The van der Waals surface area contributed by atoms with Gasteiger partial charge in [0.2, 0.25) is 0 Å². The lowest BCUT2D eigenvalue weighted by molar-refractivity contribution is 0.696. The molecule has 4 heteroatoms. The average molecular weight is 135 g/mol. The maximum Gasteiger partial charge on any atom is 0.107 e. The summed E-state index contributed by atoms with van der Waals surface area (Å²) in [6.07, 6.45) is 1.74. The lowest BCUT2D eigenvalue weighted by Crippen LogP contribution is -2.07. The summed E-state index contributed by atoms with van der Waals surface area (Å²) < 4.78 is 10.4. The molecule has 0 aromatic carbocycles. The zero-order valence-corrected chi connectivity index (χ0v) is 5.17. The molecule has 0 spiro atoms. The monoisotopic (exact) mass is 135 g/mol. The van der Waals surface area contributed by atoms with Crippen molar-refractivity contribution in [2.45, 2.75) is 5.37 Å². The summed E-state index contributed by atoms with van der Waals surface area (Å²) in [6.45, 7) is 0. The van der Waals surface area contributed by atoms with Crippen molar-refractivity contribution in [3.63, 3.8) is 0 Å². The number of hydrogen-bond acceptors (Lipinski definition) is 3. The molecule has 0 aromatic rings. The van der Waals surface area contributed by atoms with Crippen molar-refractivity contribution < 1.29 is 4.21 Å². The van der Waals surface area contributed by atoms with Crippen LogP contribution >= 0.6 is 10.8 Å². The molecule has 0 aromatic heterocycles. The minimum Gasteiger partial charge on any atom is -0.315 e. The van der Waals surface area contributed by atoms with Crippen LogP contribution in [0.25, 0.3) is 0 Å². The molecule has 0 radical (unpaired) electrons. The number of hydrogen-bond donors (Lipinski definition) is 1. The Morgan fingerprint density at radius 2 is 2.57 bits per heavy atom. The van der Waals surface area contributed by atoms with Crippen molar-refractivity contribution in [2.24, 2.45) is 5.73 Å². The number of rotatable bonds is 0. The second-order valence-corrected chi connectivity index (χ2v) is 4.24. The van der Waals surface area contributed by atoms with Gasteiger partial charge < -0.3 is 5.73 Å². The largest absolute Gasteiger partial charge is 0.315 e. The van der Waals surface area contributed by atoms with Gasteiger partial charge in [0.1, 0.15) is 9.83 Å². The quantitative estimate of drug-likeness (QED) is 0.482. The summed E-state index contributed by atoms with van der Waals surface area (Å²) in [6, 6.07) is 0. The molecule has 0 amide bonds. The zero-order chi connectivity index (χ0) is 5.28. The Bertz CT molecular complexity index is 122. The van der Waals surface area contributed by atoms with Crippen LogP contribution in [0.5, 0.6) is 0 Å². The molecule has 0 bridgehead atoms. The van der Waals surface area contributed by atoms with E-state index in [1.807, 2.05) is 0 Å². The summed E-state index contributed by atoms with van der Waals surface area (Å²) in [7, 11) is 0.417. The third-order valence-electron chi connectivity index (χ3n) is 0.585. The Balaban J connectivity index is 2.58. The van der Waals surface area contributed by atoms with Crippen LogP contribution in [0.15, 0.2) is 11.5 Å². The lowest BCUT2D eigenvalue weighted by atomic mass is 10.7. The maximum atomic E-state index is 10.4. The Morgan fingerprint density at radius 3 is 2.71 bits per heavy atom. The van der Waals surface area contributed by atoms with E-state index in [0.717, 1.165) is 0 Å². The van der Waals surface area contributed by atoms with Gasteiger partial charge in [-0.3, -0.25) is 0 Å². The van der Waals surface area contributed by atoms with Gasteiger partial charge in [-0.25, -0.2) is 4.21 Å². The van der Waals surface area contributed by atoms with Crippen molar-refractivity contribution in [1.82, 2.24) is 0 Å². The first-order valence-corrected chi connectivity index (χ1v) is 4.41. The molecule has 0 fully saturated rings. The minimum atomic E-state index is -0.842. The Labute approximate surface area is 48.0 Å². The molecule has 1 heterocycles. The topological polar surface area (TPSA) is 43.1 Å². The van der Waals surface area contributed by atoms with Gasteiger partial charge >= 0.3 is 0 Å². The highest BCUT2D eigenvalue weighted by Crippen LogP contribution is 2.20. The lowest BCUT2D eigenvalue weighted by Gasteiger charge is -1.89. The van der Waals surface area contributed by atoms with Crippen molar-refractivity contribution in [2.75, 3.05) is 0 Å². The van der Waals surface area contributed by atoms with E-state index in [9.17, 15) is 4.21 Å². The van der Waals surface area contributed by atoms with Crippen LogP contribution in [0.1, 0.15) is 0 Å². The smallest absolute Gasteiger partial charge is 0.107 e. The molecule has 40 valence electrons. The van der Waals surface area contributed by atoms with Crippen molar-refractivity contribution >= 4 is 20.6 Å². The third-order valence-corrected chi connectivity index (χ3v) is 3.10. The molecule has 2 N–H and O–H groups in total. The number of nitrogens with two attached hydrogens (primary N) is 1. The highest BCUT2D eigenvalue weighted by molar-refractivity contribution is 8.70. The van der Waals surface area contributed by atoms with E-state index in [-0.39, 0.29) is 5.37 Å². The first-order chi connectivity index (χ1) is 3.29. The van der Waals surface area contributed by atoms with E-state index in [1.165, 1.54) is 10.8 Å². The van der Waals surface area contributed by atoms with Gasteiger partial charge in [0.15, 0.2) is 0 Å². The highest BCUT2D eigenvalue weighted by atomic mass is 33.1. The van der Waals surface area contributed by atoms with Gasteiger partial charge in [0, 0.05) is 5.41 Å². The van der Waals surface area contributed by atoms with Crippen LogP contribution in [-0.4, -0.2) is 9.58 Å². The van der Waals surface area contributed by atoms with Crippen molar-refractivity contribution in [3.05, 3.63) is 11.5 Å². The normalized spacial score (nSPS) is 39.6. The molecular weight excluding hydrogens is 130 g/mol. The maximum absolute atomic E-state index is 10.4. The van der Waals surface area contributed by atoms with E-state index >= 15 is 0 Å². The zero-order valence-electron chi connectivity index (χ0n) is 3.53. The van der Waals surface area contributed by atoms with E-state index in [0.29, 0.717) is 0 Å². The molecule has 1 aliphatic rings. The fraction of sp³-hybridized carbons (Fsp3) is 0.333. The summed E-state index contributed by atoms with van der Waals surface area (Å²) >= 11 is 0. The standard InChI is InChI=1S/C3H5NOS2/c4-3-1-2-7(5)6-3/h1-3H,4H2. The van der Waals surface area contributed by atoms with E-state index < -0.39 is 9.83 Å². The van der Waals surface area contributed by atoms with E-state index in [2.05, 4.69) is 0 Å². The fourth-order valence-corrected chi connectivity index (χ4v) is 2.37. The molecule has 0 aliphatic carbocycles. The third kappa shape index (κ3) is 1.29. The molecular formula is C3H5NOS2. The Morgan fingerprint density at radius 1 is 1.86 bits per heavy atom. The second-order valence-electron chi connectivity index (χ2n) is 1.15. The Kier molecular flexibility index (Phi) is 1.51. The van der Waals surface area contributed by atoms with Gasteiger partial charge in [-0.15, -0.1) is 0 Å². The van der Waals surface area contributed by atoms with Crippen LogP contribution in [0.2, 0.25) is 0 Å². The van der Waals surface area contributed by atoms with Gasteiger partial charge in [-0.05, 0) is 16.9 Å². The molecule has 7 heavy (non-hydrogen) atoms. The Hall–Kier alpha value is 0.200.